The highest BCUT2D eigenvalue weighted by Crippen LogP contribution is 2.14. The van der Waals surface area contributed by atoms with Crippen molar-refractivity contribution in [3.8, 4) is 0 Å². The van der Waals surface area contributed by atoms with E-state index in [1.807, 2.05) is 6.92 Å². The monoisotopic (exact) mass is 202 g/mol. The van der Waals surface area contributed by atoms with Crippen LogP contribution < -0.4 is 0 Å². The third kappa shape index (κ3) is 8.05. The number of carbonyl (C=O) groups is 1. The molecule has 14 heavy (non-hydrogen) atoms. The SMILES string of the molecule is CCOC(=O)CCC(C)CCCCO. The number of rotatable bonds is 8. The summed E-state index contributed by atoms with van der Waals surface area (Å²) in [6, 6.07) is 0. The van der Waals surface area contributed by atoms with Gasteiger partial charge in [0.2, 0.25) is 0 Å². The first kappa shape index (κ1) is 13.4. The first-order valence-corrected chi connectivity index (χ1v) is 5.47. The van der Waals surface area contributed by atoms with Crippen molar-refractivity contribution in [2.75, 3.05) is 13.2 Å². The third-order valence-electron chi connectivity index (χ3n) is 2.25. The van der Waals surface area contributed by atoms with Crippen LogP contribution in [0.2, 0.25) is 0 Å². The highest BCUT2D eigenvalue weighted by Gasteiger charge is 2.06. The first-order valence-electron chi connectivity index (χ1n) is 5.47. The molecule has 0 aliphatic carbocycles. The van der Waals surface area contributed by atoms with Crippen molar-refractivity contribution >= 4 is 5.97 Å². The minimum absolute atomic E-state index is 0.0958. The van der Waals surface area contributed by atoms with Crippen LogP contribution in [0.25, 0.3) is 0 Å². The van der Waals surface area contributed by atoms with E-state index in [4.69, 9.17) is 9.84 Å². The molecule has 0 radical (unpaired) electrons. The number of hydrogen-bond donors (Lipinski definition) is 1. The minimum Gasteiger partial charge on any atom is -0.466 e. The molecule has 1 N–H and O–H groups in total. The van der Waals surface area contributed by atoms with Crippen LogP contribution in [0.4, 0.5) is 0 Å². The minimum atomic E-state index is -0.0958. The molecule has 1 atom stereocenters. The Hall–Kier alpha value is -0.570. The van der Waals surface area contributed by atoms with Gasteiger partial charge in [-0.05, 0) is 25.7 Å². The van der Waals surface area contributed by atoms with E-state index < -0.39 is 0 Å². The summed E-state index contributed by atoms with van der Waals surface area (Å²) in [5, 5.41) is 8.59. The topological polar surface area (TPSA) is 46.5 Å². The Morgan fingerprint density at radius 3 is 2.64 bits per heavy atom. The van der Waals surface area contributed by atoms with Gasteiger partial charge in [-0.1, -0.05) is 19.8 Å². The summed E-state index contributed by atoms with van der Waals surface area (Å²) in [6.45, 7) is 4.70. The molecule has 0 aliphatic rings. The fourth-order valence-corrected chi connectivity index (χ4v) is 1.35. The molecule has 0 fully saturated rings. The predicted octanol–water partition coefficient (Wildman–Crippen LogP) is 2.13. The Morgan fingerprint density at radius 2 is 2.07 bits per heavy atom. The van der Waals surface area contributed by atoms with Crippen LogP contribution in [-0.4, -0.2) is 24.3 Å². The highest BCUT2D eigenvalue weighted by molar-refractivity contribution is 5.69. The summed E-state index contributed by atoms with van der Waals surface area (Å²) in [5.41, 5.74) is 0. The van der Waals surface area contributed by atoms with Gasteiger partial charge in [-0.3, -0.25) is 4.79 Å². The van der Waals surface area contributed by atoms with Gasteiger partial charge in [-0.2, -0.15) is 0 Å². The van der Waals surface area contributed by atoms with E-state index in [-0.39, 0.29) is 12.6 Å². The summed E-state index contributed by atoms with van der Waals surface area (Å²) in [5.74, 6) is 0.451. The molecule has 0 aromatic rings. The normalized spacial score (nSPS) is 12.5. The lowest BCUT2D eigenvalue weighted by molar-refractivity contribution is -0.143. The zero-order valence-corrected chi connectivity index (χ0v) is 9.29. The van der Waals surface area contributed by atoms with Gasteiger partial charge in [0, 0.05) is 13.0 Å². The number of hydrogen-bond acceptors (Lipinski definition) is 3. The lowest BCUT2D eigenvalue weighted by Crippen LogP contribution is -2.06. The molecule has 3 heteroatoms. The molecule has 84 valence electrons. The molecule has 0 rings (SSSR count). The molecule has 0 spiro atoms. The van der Waals surface area contributed by atoms with Crippen molar-refractivity contribution < 1.29 is 14.6 Å². The Labute approximate surface area is 86.5 Å². The quantitative estimate of drug-likeness (QED) is 0.484. The van der Waals surface area contributed by atoms with Gasteiger partial charge in [-0.25, -0.2) is 0 Å². The maximum atomic E-state index is 11.0. The number of aliphatic hydroxyl groups is 1. The van der Waals surface area contributed by atoms with Gasteiger partial charge in [0.15, 0.2) is 0 Å². The highest BCUT2D eigenvalue weighted by atomic mass is 16.5. The van der Waals surface area contributed by atoms with Crippen molar-refractivity contribution in [1.82, 2.24) is 0 Å². The van der Waals surface area contributed by atoms with Crippen molar-refractivity contribution in [2.45, 2.75) is 46.0 Å². The molecule has 0 aromatic heterocycles. The zero-order valence-electron chi connectivity index (χ0n) is 9.29. The van der Waals surface area contributed by atoms with Gasteiger partial charge in [0.05, 0.1) is 6.61 Å². The maximum Gasteiger partial charge on any atom is 0.305 e. The van der Waals surface area contributed by atoms with E-state index in [9.17, 15) is 4.79 Å². The summed E-state index contributed by atoms with van der Waals surface area (Å²) in [7, 11) is 0. The largest absolute Gasteiger partial charge is 0.466 e. The van der Waals surface area contributed by atoms with E-state index >= 15 is 0 Å². The van der Waals surface area contributed by atoms with Gasteiger partial charge >= 0.3 is 5.97 Å². The van der Waals surface area contributed by atoms with E-state index in [0.717, 1.165) is 25.7 Å². The second kappa shape index (κ2) is 9.00. The average molecular weight is 202 g/mol. The number of unbranched alkanes of at least 4 members (excludes halogenated alkanes) is 1. The molecule has 0 heterocycles. The molecular weight excluding hydrogens is 180 g/mol. The number of carbonyl (C=O) groups excluding carboxylic acids is 1. The summed E-state index contributed by atoms with van der Waals surface area (Å²) in [6.07, 6.45) is 4.41. The molecule has 3 nitrogen and oxygen atoms in total. The molecule has 0 bridgehead atoms. The van der Waals surface area contributed by atoms with Gasteiger partial charge in [0.25, 0.3) is 0 Å². The first-order chi connectivity index (χ1) is 6.70. The van der Waals surface area contributed by atoms with E-state index in [0.29, 0.717) is 18.9 Å². The molecule has 0 saturated carbocycles. The number of esters is 1. The van der Waals surface area contributed by atoms with E-state index in [1.54, 1.807) is 0 Å². The molecule has 1 unspecified atom stereocenters. The van der Waals surface area contributed by atoms with Crippen LogP contribution in [0.15, 0.2) is 0 Å². The molecule has 0 amide bonds. The fourth-order valence-electron chi connectivity index (χ4n) is 1.35. The van der Waals surface area contributed by atoms with Crippen molar-refractivity contribution in [3.63, 3.8) is 0 Å². The van der Waals surface area contributed by atoms with Crippen molar-refractivity contribution in [2.24, 2.45) is 5.92 Å². The predicted molar refractivity (Wildman–Crippen MR) is 56.0 cm³/mol. The van der Waals surface area contributed by atoms with Crippen LogP contribution in [0.1, 0.15) is 46.0 Å². The Balaban J connectivity index is 3.33. The second-order valence-electron chi connectivity index (χ2n) is 3.67. The third-order valence-corrected chi connectivity index (χ3v) is 2.25. The summed E-state index contributed by atoms with van der Waals surface area (Å²) in [4.78, 5) is 11.0. The summed E-state index contributed by atoms with van der Waals surface area (Å²) >= 11 is 0. The molecule has 0 aromatic carbocycles. The van der Waals surface area contributed by atoms with Crippen LogP contribution in [0.5, 0.6) is 0 Å². The van der Waals surface area contributed by atoms with E-state index in [1.165, 1.54) is 0 Å². The zero-order chi connectivity index (χ0) is 10.8. The van der Waals surface area contributed by atoms with E-state index in [2.05, 4.69) is 6.92 Å². The molecule has 0 saturated heterocycles. The van der Waals surface area contributed by atoms with Crippen LogP contribution in [0.3, 0.4) is 0 Å². The van der Waals surface area contributed by atoms with Crippen LogP contribution in [0, 0.1) is 5.92 Å². The number of aliphatic hydroxyl groups excluding tert-OH is 1. The average Bonchev–Trinajstić information content (AvgIpc) is 2.16. The summed E-state index contributed by atoms with van der Waals surface area (Å²) < 4.78 is 4.84. The maximum absolute atomic E-state index is 11.0. The standard InChI is InChI=1S/C11H22O3/c1-3-14-11(13)8-7-10(2)6-4-5-9-12/h10,12H,3-9H2,1-2H3. The van der Waals surface area contributed by atoms with Gasteiger partial charge in [0.1, 0.15) is 0 Å². The second-order valence-corrected chi connectivity index (χ2v) is 3.67. The Morgan fingerprint density at radius 1 is 1.36 bits per heavy atom. The smallest absolute Gasteiger partial charge is 0.305 e. The van der Waals surface area contributed by atoms with Crippen molar-refractivity contribution in [1.29, 1.82) is 0 Å². The fraction of sp³-hybridized carbons (Fsp3) is 0.909. The van der Waals surface area contributed by atoms with Gasteiger partial charge < -0.3 is 9.84 Å². The van der Waals surface area contributed by atoms with Crippen LogP contribution in [-0.2, 0) is 9.53 Å². The lowest BCUT2D eigenvalue weighted by atomic mass is 9.99. The van der Waals surface area contributed by atoms with Crippen molar-refractivity contribution in [3.05, 3.63) is 0 Å². The number of ether oxygens (including phenoxy) is 1. The lowest BCUT2D eigenvalue weighted by Gasteiger charge is -2.09. The Kier molecular flexibility index (Phi) is 8.64. The molecule has 0 aliphatic heterocycles. The Bertz CT molecular complexity index is 145. The molecular formula is C11H22O3. The van der Waals surface area contributed by atoms with Gasteiger partial charge in [-0.15, -0.1) is 0 Å². The van der Waals surface area contributed by atoms with Crippen LogP contribution >= 0.6 is 0 Å².